The number of carbonyl (C=O) groups is 2. The lowest BCUT2D eigenvalue weighted by Crippen LogP contribution is -2.49. The molecule has 152 valence electrons. The molecule has 0 saturated carbocycles. The van der Waals surface area contributed by atoms with Gasteiger partial charge in [-0.25, -0.2) is 0 Å². The highest BCUT2D eigenvalue weighted by Crippen LogP contribution is 2.21. The molecule has 0 bridgehead atoms. The summed E-state index contributed by atoms with van der Waals surface area (Å²) in [6, 6.07) is 11.6. The molecule has 8 heteroatoms. The van der Waals surface area contributed by atoms with Gasteiger partial charge in [0.25, 0.3) is 5.69 Å². The van der Waals surface area contributed by atoms with Crippen LogP contribution in [0.4, 0.5) is 11.4 Å². The molecule has 1 heterocycles. The molecule has 2 aromatic carbocycles. The minimum absolute atomic E-state index is 0.00212. The quantitative estimate of drug-likeness (QED) is 0.405. The van der Waals surface area contributed by atoms with Crippen molar-refractivity contribution in [1.29, 1.82) is 0 Å². The van der Waals surface area contributed by atoms with Crippen molar-refractivity contribution in [3.63, 3.8) is 0 Å². The van der Waals surface area contributed by atoms with Crippen molar-refractivity contribution in [2.75, 3.05) is 37.7 Å². The maximum Gasteiger partial charge on any atom is 0.269 e. The van der Waals surface area contributed by atoms with E-state index in [4.69, 9.17) is 4.74 Å². The molecule has 1 aliphatic rings. The minimum atomic E-state index is -0.467. The smallest absolute Gasteiger partial charge is 0.269 e. The summed E-state index contributed by atoms with van der Waals surface area (Å²) in [5.41, 5.74) is 2.69. The number of aldehydes is 1. The third-order valence-corrected chi connectivity index (χ3v) is 5.01. The second-order valence-electron chi connectivity index (χ2n) is 6.88. The van der Waals surface area contributed by atoms with E-state index in [1.807, 2.05) is 30.0 Å². The van der Waals surface area contributed by atoms with Crippen LogP contribution in [0.15, 0.2) is 42.5 Å². The SMILES string of the molecule is Cc1cc(N2CCN(C(=O)CCOc3ccc([N+](=O)[O-])cc3)CC2)ccc1C=O. The van der Waals surface area contributed by atoms with E-state index in [2.05, 4.69) is 4.90 Å². The summed E-state index contributed by atoms with van der Waals surface area (Å²) >= 11 is 0. The van der Waals surface area contributed by atoms with Crippen molar-refractivity contribution in [2.24, 2.45) is 0 Å². The predicted molar refractivity (Wildman–Crippen MR) is 109 cm³/mol. The summed E-state index contributed by atoms with van der Waals surface area (Å²) < 4.78 is 5.52. The molecule has 29 heavy (non-hydrogen) atoms. The van der Waals surface area contributed by atoms with Gasteiger partial charge in [-0.15, -0.1) is 0 Å². The lowest BCUT2D eigenvalue weighted by atomic mass is 10.1. The molecule has 1 fully saturated rings. The van der Waals surface area contributed by atoms with Gasteiger partial charge in [0.2, 0.25) is 5.91 Å². The van der Waals surface area contributed by atoms with E-state index >= 15 is 0 Å². The number of anilines is 1. The fraction of sp³-hybridized carbons (Fsp3) is 0.333. The number of non-ortho nitro benzene ring substituents is 1. The summed E-state index contributed by atoms with van der Waals surface area (Å²) in [5.74, 6) is 0.529. The first-order chi connectivity index (χ1) is 14.0. The molecule has 0 aliphatic carbocycles. The summed E-state index contributed by atoms with van der Waals surface area (Å²) in [6.07, 6.45) is 1.11. The molecule has 2 aromatic rings. The second kappa shape index (κ2) is 9.18. The zero-order valence-electron chi connectivity index (χ0n) is 16.2. The Morgan fingerprint density at radius 3 is 2.41 bits per heavy atom. The summed E-state index contributed by atoms with van der Waals surface area (Å²) in [5, 5.41) is 10.6. The molecular formula is C21H23N3O5. The van der Waals surface area contributed by atoms with Gasteiger partial charge in [-0.3, -0.25) is 19.7 Å². The number of hydrogen-bond donors (Lipinski definition) is 0. The molecule has 1 amide bonds. The summed E-state index contributed by atoms with van der Waals surface area (Å²) in [6.45, 7) is 4.86. The number of benzene rings is 2. The lowest BCUT2D eigenvalue weighted by Gasteiger charge is -2.36. The van der Waals surface area contributed by atoms with E-state index < -0.39 is 4.92 Å². The number of amides is 1. The van der Waals surface area contributed by atoms with Crippen molar-refractivity contribution in [1.82, 2.24) is 4.90 Å². The van der Waals surface area contributed by atoms with Crippen LogP contribution < -0.4 is 9.64 Å². The van der Waals surface area contributed by atoms with Gasteiger partial charge in [0.05, 0.1) is 18.0 Å². The highest BCUT2D eigenvalue weighted by atomic mass is 16.6. The number of ether oxygens (including phenoxy) is 1. The first-order valence-electron chi connectivity index (χ1n) is 9.44. The van der Waals surface area contributed by atoms with Crippen LogP contribution in [0.25, 0.3) is 0 Å². The number of nitrogens with zero attached hydrogens (tertiary/aromatic N) is 3. The number of nitro benzene ring substituents is 1. The molecule has 3 rings (SSSR count). The van der Waals surface area contributed by atoms with Gasteiger partial charge in [-0.1, -0.05) is 0 Å². The average molecular weight is 397 g/mol. The largest absolute Gasteiger partial charge is 0.493 e. The van der Waals surface area contributed by atoms with E-state index in [-0.39, 0.29) is 24.6 Å². The molecule has 0 radical (unpaired) electrons. The normalized spacial score (nSPS) is 13.8. The van der Waals surface area contributed by atoms with Crippen LogP contribution in [0.3, 0.4) is 0 Å². The fourth-order valence-corrected chi connectivity index (χ4v) is 3.28. The summed E-state index contributed by atoms with van der Waals surface area (Å²) in [4.78, 5) is 37.6. The number of hydrogen-bond acceptors (Lipinski definition) is 6. The number of carbonyl (C=O) groups excluding carboxylic acids is 2. The number of piperazine rings is 1. The Bertz CT molecular complexity index is 890. The van der Waals surface area contributed by atoms with E-state index in [1.54, 1.807) is 0 Å². The molecule has 0 spiro atoms. The maximum absolute atomic E-state index is 12.4. The van der Waals surface area contributed by atoms with Crippen molar-refractivity contribution >= 4 is 23.6 Å². The van der Waals surface area contributed by atoms with Crippen LogP contribution >= 0.6 is 0 Å². The van der Waals surface area contributed by atoms with E-state index in [9.17, 15) is 19.7 Å². The van der Waals surface area contributed by atoms with Gasteiger partial charge in [0, 0.05) is 49.6 Å². The molecule has 1 saturated heterocycles. The second-order valence-corrected chi connectivity index (χ2v) is 6.88. The Morgan fingerprint density at radius 2 is 1.83 bits per heavy atom. The Hall–Kier alpha value is -3.42. The molecule has 8 nitrogen and oxygen atoms in total. The third kappa shape index (κ3) is 5.10. The van der Waals surface area contributed by atoms with Crippen molar-refractivity contribution in [2.45, 2.75) is 13.3 Å². The van der Waals surface area contributed by atoms with Crippen LogP contribution in [0.2, 0.25) is 0 Å². The van der Waals surface area contributed by atoms with Crippen LogP contribution in [0.5, 0.6) is 5.75 Å². The average Bonchev–Trinajstić information content (AvgIpc) is 2.74. The van der Waals surface area contributed by atoms with Crippen molar-refractivity contribution < 1.29 is 19.2 Å². The Morgan fingerprint density at radius 1 is 1.14 bits per heavy atom. The van der Waals surface area contributed by atoms with Gasteiger partial charge in [-0.2, -0.15) is 0 Å². The van der Waals surface area contributed by atoms with Gasteiger partial charge in [-0.05, 0) is 42.8 Å². The molecule has 0 N–H and O–H groups in total. The first-order valence-corrected chi connectivity index (χ1v) is 9.44. The van der Waals surface area contributed by atoms with Gasteiger partial charge in [0.1, 0.15) is 12.0 Å². The fourth-order valence-electron chi connectivity index (χ4n) is 3.28. The highest BCUT2D eigenvalue weighted by molar-refractivity contribution is 5.79. The van der Waals surface area contributed by atoms with Gasteiger partial charge in [0.15, 0.2) is 0 Å². The standard InChI is InChI=1S/C21H23N3O5/c1-16-14-19(3-2-17(16)15-25)22-9-11-23(12-10-22)21(26)8-13-29-20-6-4-18(5-7-20)24(27)28/h2-7,14-15H,8-13H2,1H3. The zero-order chi connectivity index (χ0) is 20.8. The van der Waals surface area contributed by atoms with E-state index in [0.717, 1.165) is 30.6 Å². The molecule has 0 atom stereocenters. The number of aryl methyl sites for hydroxylation is 1. The topological polar surface area (TPSA) is 93.0 Å². The molecular weight excluding hydrogens is 374 g/mol. The van der Waals surface area contributed by atoms with Crippen molar-refractivity contribution in [3.8, 4) is 5.75 Å². The first kappa shape index (κ1) is 20.3. The Kier molecular flexibility index (Phi) is 6.43. The monoisotopic (exact) mass is 397 g/mol. The zero-order valence-corrected chi connectivity index (χ0v) is 16.2. The number of nitro groups is 1. The van der Waals surface area contributed by atoms with Crippen LogP contribution in [-0.4, -0.2) is 54.8 Å². The van der Waals surface area contributed by atoms with Gasteiger partial charge < -0.3 is 14.5 Å². The molecule has 0 aromatic heterocycles. The van der Waals surface area contributed by atoms with E-state index in [0.29, 0.717) is 24.4 Å². The minimum Gasteiger partial charge on any atom is -0.493 e. The van der Waals surface area contributed by atoms with Crippen LogP contribution in [0, 0.1) is 17.0 Å². The van der Waals surface area contributed by atoms with Gasteiger partial charge >= 0.3 is 0 Å². The Balaban J connectivity index is 1.44. The third-order valence-electron chi connectivity index (χ3n) is 5.01. The highest BCUT2D eigenvalue weighted by Gasteiger charge is 2.21. The van der Waals surface area contributed by atoms with Crippen LogP contribution in [-0.2, 0) is 4.79 Å². The molecule has 1 aliphatic heterocycles. The molecule has 0 unspecified atom stereocenters. The maximum atomic E-state index is 12.4. The van der Waals surface area contributed by atoms with Crippen LogP contribution in [0.1, 0.15) is 22.3 Å². The summed E-state index contributed by atoms with van der Waals surface area (Å²) in [7, 11) is 0. The van der Waals surface area contributed by atoms with Crippen molar-refractivity contribution in [3.05, 3.63) is 63.7 Å². The Labute approximate surface area is 168 Å². The predicted octanol–water partition coefficient (Wildman–Crippen LogP) is 2.83. The lowest BCUT2D eigenvalue weighted by molar-refractivity contribution is -0.384. The van der Waals surface area contributed by atoms with E-state index in [1.165, 1.54) is 24.3 Å². The number of rotatable bonds is 7.